The zero-order valence-corrected chi connectivity index (χ0v) is 16.0. The van der Waals surface area contributed by atoms with Crippen LogP contribution in [0.3, 0.4) is 0 Å². The summed E-state index contributed by atoms with van der Waals surface area (Å²) < 4.78 is 6.78. The van der Waals surface area contributed by atoms with Crippen molar-refractivity contribution in [1.29, 1.82) is 0 Å². The van der Waals surface area contributed by atoms with E-state index in [4.69, 9.17) is 16.3 Å². The van der Waals surface area contributed by atoms with Gasteiger partial charge in [-0.3, -0.25) is 0 Å². The third-order valence-corrected chi connectivity index (χ3v) is 5.13. The van der Waals surface area contributed by atoms with E-state index in [-0.39, 0.29) is 5.97 Å². The zero-order valence-electron chi connectivity index (χ0n) is 14.5. The van der Waals surface area contributed by atoms with E-state index in [9.17, 15) is 4.79 Å². The molecule has 3 aromatic rings. The van der Waals surface area contributed by atoms with E-state index in [1.807, 2.05) is 36.4 Å². The minimum absolute atomic E-state index is 0.332. The Hall–Kier alpha value is -2.31. The number of rotatable bonds is 6. The lowest BCUT2D eigenvalue weighted by atomic mass is 10.1. The van der Waals surface area contributed by atoms with Crippen molar-refractivity contribution < 1.29 is 9.53 Å². The summed E-state index contributed by atoms with van der Waals surface area (Å²) in [5, 5.41) is 10.2. The van der Waals surface area contributed by atoms with Gasteiger partial charge in [0.25, 0.3) is 0 Å². The van der Waals surface area contributed by atoms with Crippen LogP contribution >= 0.6 is 23.4 Å². The van der Waals surface area contributed by atoms with Crippen LogP contribution in [-0.2, 0) is 17.0 Å². The highest BCUT2D eigenvalue weighted by Gasteiger charge is 2.13. The van der Waals surface area contributed by atoms with Crippen LogP contribution < -0.4 is 0 Å². The van der Waals surface area contributed by atoms with E-state index in [1.54, 1.807) is 23.9 Å². The van der Waals surface area contributed by atoms with Gasteiger partial charge < -0.3 is 9.30 Å². The second-order valence-corrected chi connectivity index (χ2v) is 6.92. The number of carbonyl (C=O) groups excluding carboxylic acids is 1. The van der Waals surface area contributed by atoms with E-state index < -0.39 is 0 Å². The maximum absolute atomic E-state index is 11.5. The van der Waals surface area contributed by atoms with E-state index in [1.165, 1.54) is 7.11 Å². The molecule has 134 valence electrons. The normalized spacial score (nSPS) is 10.7. The molecule has 0 spiro atoms. The van der Waals surface area contributed by atoms with Gasteiger partial charge >= 0.3 is 5.97 Å². The highest BCUT2D eigenvalue weighted by atomic mass is 35.5. The first-order chi connectivity index (χ1) is 12.6. The first-order valence-corrected chi connectivity index (χ1v) is 9.48. The summed E-state index contributed by atoms with van der Waals surface area (Å²) in [6.07, 6.45) is 0. The fourth-order valence-electron chi connectivity index (χ4n) is 2.52. The van der Waals surface area contributed by atoms with Crippen molar-refractivity contribution >= 4 is 29.3 Å². The molecule has 0 atom stereocenters. The van der Waals surface area contributed by atoms with Gasteiger partial charge in [0, 0.05) is 22.9 Å². The quantitative estimate of drug-likeness (QED) is 0.453. The molecule has 26 heavy (non-hydrogen) atoms. The number of ether oxygens (including phenoxy) is 1. The first-order valence-electron chi connectivity index (χ1n) is 8.11. The number of hydrogen-bond donors (Lipinski definition) is 0. The van der Waals surface area contributed by atoms with Crippen LogP contribution in [0.1, 0.15) is 22.8 Å². The van der Waals surface area contributed by atoms with Gasteiger partial charge in [0.2, 0.25) is 0 Å². The molecule has 1 aromatic heterocycles. The Morgan fingerprint density at radius 2 is 1.96 bits per heavy atom. The predicted molar refractivity (Wildman–Crippen MR) is 103 cm³/mol. The monoisotopic (exact) mass is 387 g/mol. The largest absolute Gasteiger partial charge is 0.465 e. The highest BCUT2D eigenvalue weighted by Crippen LogP contribution is 2.27. The van der Waals surface area contributed by atoms with Gasteiger partial charge in [-0.1, -0.05) is 47.6 Å². The van der Waals surface area contributed by atoms with Crippen LogP contribution in [0.5, 0.6) is 0 Å². The maximum atomic E-state index is 11.5. The Bertz CT molecular complexity index is 909. The van der Waals surface area contributed by atoms with E-state index >= 15 is 0 Å². The number of thioether (sulfide) groups is 1. The molecular formula is C19H18ClN3O2S. The van der Waals surface area contributed by atoms with Crippen LogP contribution in [0.25, 0.3) is 11.4 Å². The third-order valence-electron chi connectivity index (χ3n) is 3.86. The average molecular weight is 388 g/mol. The van der Waals surface area contributed by atoms with Crippen LogP contribution in [-0.4, -0.2) is 27.8 Å². The molecule has 0 aliphatic rings. The van der Waals surface area contributed by atoms with Gasteiger partial charge in [0.15, 0.2) is 11.0 Å². The van der Waals surface area contributed by atoms with Crippen LogP contribution in [0, 0.1) is 0 Å². The van der Waals surface area contributed by atoms with E-state index in [2.05, 4.69) is 21.7 Å². The molecule has 0 bridgehead atoms. The molecular weight excluding hydrogens is 370 g/mol. The van der Waals surface area contributed by atoms with Gasteiger partial charge in [-0.25, -0.2) is 4.79 Å². The summed E-state index contributed by atoms with van der Waals surface area (Å²) in [6.45, 7) is 2.82. The Balaban J connectivity index is 1.75. The Kier molecular flexibility index (Phi) is 5.96. The number of methoxy groups -OCH3 is 1. The minimum atomic E-state index is -0.332. The van der Waals surface area contributed by atoms with Crippen molar-refractivity contribution in [2.45, 2.75) is 24.4 Å². The minimum Gasteiger partial charge on any atom is -0.465 e. The Labute approximate surface area is 161 Å². The molecule has 0 radical (unpaired) electrons. The molecule has 0 amide bonds. The number of halogens is 1. The summed E-state index contributed by atoms with van der Waals surface area (Å²) in [6, 6.07) is 15.0. The summed E-state index contributed by atoms with van der Waals surface area (Å²) in [7, 11) is 1.38. The molecule has 0 fully saturated rings. The molecule has 0 aliphatic carbocycles. The first kappa shape index (κ1) is 18.5. The van der Waals surface area contributed by atoms with Crippen LogP contribution in [0.4, 0.5) is 0 Å². The smallest absolute Gasteiger partial charge is 0.337 e. The number of carbonyl (C=O) groups is 1. The number of hydrogen-bond acceptors (Lipinski definition) is 5. The molecule has 7 heteroatoms. The number of nitrogens with zero attached hydrogens (tertiary/aromatic N) is 3. The van der Waals surface area contributed by atoms with Gasteiger partial charge in [-0.2, -0.15) is 0 Å². The fraction of sp³-hybridized carbons (Fsp3) is 0.211. The lowest BCUT2D eigenvalue weighted by Crippen LogP contribution is -2.01. The number of aromatic nitrogens is 3. The molecule has 0 aliphatic heterocycles. The molecule has 1 heterocycles. The van der Waals surface area contributed by atoms with Gasteiger partial charge in [-0.05, 0) is 36.8 Å². The molecule has 3 rings (SSSR count). The van der Waals surface area contributed by atoms with Crippen molar-refractivity contribution in [3.05, 3.63) is 64.7 Å². The van der Waals surface area contributed by atoms with Gasteiger partial charge in [0.05, 0.1) is 12.7 Å². The van der Waals surface area contributed by atoms with Crippen molar-refractivity contribution in [2.75, 3.05) is 7.11 Å². The van der Waals surface area contributed by atoms with E-state index in [0.29, 0.717) is 10.6 Å². The number of benzene rings is 2. The maximum Gasteiger partial charge on any atom is 0.337 e. The highest BCUT2D eigenvalue weighted by molar-refractivity contribution is 7.98. The SMILES string of the molecule is CCn1c(SCc2ccc(C(=O)OC)cc2)nnc1-c1cccc(Cl)c1. The summed E-state index contributed by atoms with van der Waals surface area (Å²) >= 11 is 7.69. The second-order valence-electron chi connectivity index (χ2n) is 5.54. The molecule has 2 aromatic carbocycles. The molecule has 0 saturated heterocycles. The second kappa shape index (κ2) is 8.38. The summed E-state index contributed by atoms with van der Waals surface area (Å²) in [5.74, 6) is 1.20. The Morgan fingerprint density at radius 1 is 1.19 bits per heavy atom. The molecule has 0 unspecified atom stereocenters. The van der Waals surface area contributed by atoms with Crippen LogP contribution in [0.2, 0.25) is 5.02 Å². The van der Waals surface area contributed by atoms with Gasteiger partial charge in [-0.15, -0.1) is 10.2 Å². The van der Waals surface area contributed by atoms with Crippen molar-refractivity contribution in [2.24, 2.45) is 0 Å². The van der Waals surface area contributed by atoms with Crippen molar-refractivity contribution in [3.63, 3.8) is 0 Å². The molecule has 0 N–H and O–H groups in total. The van der Waals surface area contributed by atoms with Crippen molar-refractivity contribution in [3.8, 4) is 11.4 Å². The van der Waals surface area contributed by atoms with Gasteiger partial charge in [0.1, 0.15) is 0 Å². The average Bonchev–Trinajstić information content (AvgIpc) is 3.09. The van der Waals surface area contributed by atoms with Crippen LogP contribution in [0.15, 0.2) is 53.7 Å². The summed E-state index contributed by atoms with van der Waals surface area (Å²) in [4.78, 5) is 11.5. The molecule has 5 nitrogen and oxygen atoms in total. The third kappa shape index (κ3) is 4.08. The number of esters is 1. The Morgan fingerprint density at radius 3 is 2.62 bits per heavy atom. The van der Waals surface area contributed by atoms with E-state index in [0.717, 1.165) is 34.4 Å². The standard InChI is InChI=1S/C19H18ClN3O2S/c1-3-23-17(15-5-4-6-16(20)11-15)21-22-19(23)26-12-13-7-9-14(10-8-13)18(24)25-2/h4-11H,3,12H2,1-2H3. The lowest BCUT2D eigenvalue weighted by molar-refractivity contribution is 0.0600. The summed E-state index contributed by atoms with van der Waals surface area (Å²) in [5.41, 5.74) is 2.58. The predicted octanol–water partition coefficient (Wildman–Crippen LogP) is 4.70. The molecule has 0 saturated carbocycles. The lowest BCUT2D eigenvalue weighted by Gasteiger charge is -2.08. The topological polar surface area (TPSA) is 57.0 Å². The van der Waals surface area contributed by atoms with Crippen molar-refractivity contribution in [1.82, 2.24) is 14.8 Å². The fourth-order valence-corrected chi connectivity index (χ4v) is 3.67. The zero-order chi connectivity index (χ0) is 18.5.